The van der Waals surface area contributed by atoms with Gasteiger partial charge in [-0.15, -0.1) is 11.3 Å². The van der Waals surface area contributed by atoms with E-state index in [0.717, 1.165) is 47.2 Å². The number of fused-ring (bicyclic) bond motifs is 2. The van der Waals surface area contributed by atoms with Crippen molar-refractivity contribution in [2.75, 3.05) is 24.3 Å². The average molecular weight is 388 g/mol. The smallest absolute Gasteiger partial charge is 0.132 e. The third-order valence-electron chi connectivity index (χ3n) is 5.02. The number of ether oxygens (including phenoxy) is 1. The van der Waals surface area contributed by atoms with Crippen molar-refractivity contribution in [3.8, 4) is 16.2 Å². The second-order valence-electron chi connectivity index (χ2n) is 6.93. The van der Waals surface area contributed by atoms with E-state index < -0.39 is 0 Å². The molecule has 0 saturated heterocycles. The van der Waals surface area contributed by atoms with Crippen molar-refractivity contribution in [3.63, 3.8) is 0 Å². The Morgan fingerprint density at radius 1 is 0.964 bits per heavy atom. The molecule has 0 atom stereocenters. The molecule has 2 aromatic heterocycles. The van der Waals surface area contributed by atoms with Crippen molar-refractivity contribution in [3.05, 3.63) is 66.2 Å². The van der Waals surface area contributed by atoms with E-state index in [9.17, 15) is 0 Å². The fraction of sp³-hybridized carbons (Fsp3) is 0.174. The molecule has 1 aliphatic rings. The summed E-state index contributed by atoms with van der Waals surface area (Å²) in [4.78, 5) is 7.10. The van der Waals surface area contributed by atoms with E-state index >= 15 is 0 Å². The van der Waals surface area contributed by atoms with E-state index in [1.807, 2.05) is 19.2 Å². The third-order valence-corrected chi connectivity index (χ3v) is 6.12. The third kappa shape index (κ3) is 3.29. The van der Waals surface area contributed by atoms with Gasteiger partial charge in [-0.25, -0.2) is 4.98 Å². The maximum atomic E-state index is 5.70. The Labute approximate surface area is 168 Å². The molecular formula is C23H21N3OS. The lowest BCUT2D eigenvalue weighted by atomic mass is 10.1. The Kier molecular flexibility index (Phi) is 4.37. The van der Waals surface area contributed by atoms with Gasteiger partial charge in [-0.1, -0.05) is 12.1 Å². The van der Waals surface area contributed by atoms with Gasteiger partial charge in [-0.2, -0.15) is 0 Å². The maximum absolute atomic E-state index is 5.70. The molecule has 0 saturated carbocycles. The van der Waals surface area contributed by atoms with Gasteiger partial charge in [0.15, 0.2) is 0 Å². The Balaban J connectivity index is 1.41. The predicted molar refractivity (Wildman–Crippen MR) is 118 cm³/mol. The lowest BCUT2D eigenvalue weighted by molar-refractivity contribution is 0.288. The van der Waals surface area contributed by atoms with Crippen LogP contribution >= 0.6 is 11.3 Å². The Morgan fingerprint density at radius 2 is 1.82 bits per heavy atom. The number of nitrogens with zero attached hydrogens (tertiary/aromatic N) is 1. The zero-order valence-corrected chi connectivity index (χ0v) is 16.5. The largest absolute Gasteiger partial charge is 0.493 e. The summed E-state index contributed by atoms with van der Waals surface area (Å²) in [6, 6.07) is 21.1. The second kappa shape index (κ2) is 7.17. The van der Waals surface area contributed by atoms with E-state index in [1.54, 1.807) is 11.3 Å². The summed E-state index contributed by atoms with van der Waals surface area (Å²) < 4.78 is 5.70. The molecule has 2 N–H and O–H groups in total. The van der Waals surface area contributed by atoms with Gasteiger partial charge in [-0.05, 0) is 72.5 Å². The zero-order valence-electron chi connectivity index (χ0n) is 15.7. The molecule has 5 rings (SSSR count). The van der Waals surface area contributed by atoms with Crippen LogP contribution in [0.15, 0.2) is 60.7 Å². The number of benzene rings is 2. The first kappa shape index (κ1) is 17.1. The highest BCUT2D eigenvalue weighted by molar-refractivity contribution is 7.21. The van der Waals surface area contributed by atoms with Crippen molar-refractivity contribution in [2.24, 2.45) is 0 Å². The number of anilines is 3. The van der Waals surface area contributed by atoms with Crippen molar-refractivity contribution >= 4 is 38.7 Å². The number of hydrogen-bond acceptors (Lipinski definition) is 5. The summed E-state index contributed by atoms with van der Waals surface area (Å²) in [6.45, 7) is 0.816. The Bertz CT molecular complexity index is 1130. The lowest BCUT2D eigenvalue weighted by Crippen LogP contribution is -2.08. The van der Waals surface area contributed by atoms with Gasteiger partial charge in [0.1, 0.15) is 16.4 Å². The van der Waals surface area contributed by atoms with Crippen molar-refractivity contribution in [2.45, 2.75) is 12.8 Å². The first-order valence-electron chi connectivity index (χ1n) is 9.50. The minimum atomic E-state index is 0.816. The van der Waals surface area contributed by atoms with Gasteiger partial charge >= 0.3 is 0 Å². The predicted octanol–water partition coefficient (Wildman–Crippen LogP) is 6.07. The molecule has 28 heavy (non-hydrogen) atoms. The van der Waals surface area contributed by atoms with Crippen LogP contribution in [0.4, 0.5) is 17.2 Å². The molecule has 4 aromatic rings. The van der Waals surface area contributed by atoms with E-state index in [4.69, 9.17) is 9.72 Å². The molecule has 0 fully saturated rings. The van der Waals surface area contributed by atoms with Gasteiger partial charge in [0.25, 0.3) is 0 Å². The summed E-state index contributed by atoms with van der Waals surface area (Å²) in [7, 11) is 1.93. The molecule has 0 unspecified atom stereocenters. The molecule has 0 bridgehead atoms. The van der Waals surface area contributed by atoms with Crippen LogP contribution in [-0.2, 0) is 6.42 Å². The maximum Gasteiger partial charge on any atom is 0.132 e. The molecule has 3 heterocycles. The van der Waals surface area contributed by atoms with E-state index in [1.165, 1.54) is 21.4 Å². The average Bonchev–Trinajstić information content (AvgIpc) is 3.17. The molecule has 140 valence electrons. The topological polar surface area (TPSA) is 46.2 Å². The van der Waals surface area contributed by atoms with Crippen molar-refractivity contribution in [1.82, 2.24) is 4.98 Å². The van der Waals surface area contributed by atoms with Crippen LogP contribution in [0.2, 0.25) is 0 Å². The summed E-state index contributed by atoms with van der Waals surface area (Å²) in [6.07, 6.45) is 2.14. The van der Waals surface area contributed by atoms with Crippen LogP contribution in [-0.4, -0.2) is 18.6 Å². The monoisotopic (exact) mass is 387 g/mol. The van der Waals surface area contributed by atoms with Gasteiger partial charge in [0.2, 0.25) is 0 Å². The van der Waals surface area contributed by atoms with Crippen LogP contribution in [0, 0.1) is 0 Å². The lowest BCUT2D eigenvalue weighted by Gasteiger charge is -2.18. The Morgan fingerprint density at radius 3 is 2.68 bits per heavy atom. The second-order valence-corrected chi connectivity index (χ2v) is 7.96. The van der Waals surface area contributed by atoms with Gasteiger partial charge < -0.3 is 15.4 Å². The molecule has 0 radical (unpaired) electrons. The van der Waals surface area contributed by atoms with Crippen LogP contribution < -0.4 is 15.4 Å². The summed E-state index contributed by atoms with van der Waals surface area (Å²) in [5, 5.41) is 7.77. The Hall–Kier alpha value is -3.05. The number of aryl methyl sites for hydroxylation is 1. The minimum Gasteiger partial charge on any atom is -0.493 e. The van der Waals surface area contributed by atoms with Crippen molar-refractivity contribution < 1.29 is 4.74 Å². The molecule has 0 amide bonds. The van der Waals surface area contributed by atoms with Gasteiger partial charge in [0, 0.05) is 28.7 Å². The normalized spacial score (nSPS) is 13.0. The summed E-state index contributed by atoms with van der Waals surface area (Å²) >= 11 is 1.72. The fourth-order valence-electron chi connectivity index (χ4n) is 3.52. The molecular weight excluding hydrogens is 366 g/mol. The summed E-state index contributed by atoms with van der Waals surface area (Å²) in [5.41, 5.74) is 4.65. The SMILES string of the molecule is CNc1ccc(-c2cc3ccc(Nc4ccc5c(c4)CCCO5)nc3s2)cc1. The van der Waals surface area contributed by atoms with E-state index in [0.29, 0.717) is 0 Å². The van der Waals surface area contributed by atoms with Crippen LogP contribution in [0.3, 0.4) is 0 Å². The highest BCUT2D eigenvalue weighted by Gasteiger charge is 2.11. The molecule has 0 aliphatic carbocycles. The standard InChI is InChI=1S/C23H21N3OS/c1-24-18-7-4-15(5-8-18)21-14-17-6-11-22(26-23(17)28-21)25-19-9-10-20-16(13-19)3-2-12-27-20/h4-11,13-14,24H,2-3,12H2,1H3,(H,25,26). The fourth-order valence-corrected chi connectivity index (χ4v) is 4.55. The van der Waals surface area contributed by atoms with Gasteiger partial charge in [-0.3, -0.25) is 0 Å². The van der Waals surface area contributed by atoms with Crippen LogP contribution in [0.5, 0.6) is 5.75 Å². The van der Waals surface area contributed by atoms with E-state index in [-0.39, 0.29) is 0 Å². The molecule has 0 spiro atoms. The number of thiophene rings is 1. The highest BCUT2D eigenvalue weighted by atomic mass is 32.1. The number of pyridine rings is 1. The number of nitrogens with one attached hydrogen (secondary N) is 2. The number of aromatic nitrogens is 1. The molecule has 4 nitrogen and oxygen atoms in total. The molecule has 5 heteroatoms. The van der Waals surface area contributed by atoms with Gasteiger partial charge in [0.05, 0.1) is 6.61 Å². The number of rotatable bonds is 4. The molecule has 1 aliphatic heterocycles. The van der Waals surface area contributed by atoms with Crippen LogP contribution in [0.1, 0.15) is 12.0 Å². The first-order chi connectivity index (χ1) is 13.8. The zero-order chi connectivity index (χ0) is 18.9. The van der Waals surface area contributed by atoms with E-state index in [2.05, 4.69) is 59.2 Å². The highest BCUT2D eigenvalue weighted by Crippen LogP contribution is 2.34. The number of hydrogen-bond donors (Lipinski definition) is 2. The quantitative estimate of drug-likeness (QED) is 0.446. The van der Waals surface area contributed by atoms with Crippen LogP contribution in [0.25, 0.3) is 20.7 Å². The summed E-state index contributed by atoms with van der Waals surface area (Å²) in [5.74, 6) is 1.87. The minimum absolute atomic E-state index is 0.816. The van der Waals surface area contributed by atoms with Crippen molar-refractivity contribution in [1.29, 1.82) is 0 Å². The first-order valence-corrected chi connectivity index (χ1v) is 10.3. The molecule has 2 aromatic carbocycles.